The third-order valence-electron chi connectivity index (χ3n) is 10.0. The van der Waals surface area contributed by atoms with Crippen molar-refractivity contribution in [3.8, 4) is 5.75 Å². The van der Waals surface area contributed by atoms with Crippen LogP contribution in [0.3, 0.4) is 0 Å². The first kappa shape index (κ1) is 33.4. The highest BCUT2D eigenvalue weighted by molar-refractivity contribution is 6.30. The van der Waals surface area contributed by atoms with E-state index in [0.717, 1.165) is 68.4 Å². The fourth-order valence-electron chi connectivity index (χ4n) is 7.47. The first-order chi connectivity index (χ1) is 21.8. The summed E-state index contributed by atoms with van der Waals surface area (Å²) in [4.78, 5) is 33.4. The summed E-state index contributed by atoms with van der Waals surface area (Å²) in [6, 6.07) is 17.0. The normalized spacial score (nSPS) is 22.0. The Labute approximate surface area is 274 Å². The van der Waals surface area contributed by atoms with Crippen LogP contribution in [0.2, 0.25) is 5.02 Å². The number of ether oxygens (including phenoxy) is 1. The van der Waals surface area contributed by atoms with E-state index in [9.17, 15) is 9.59 Å². The van der Waals surface area contributed by atoms with E-state index in [-0.39, 0.29) is 30.1 Å². The number of likely N-dealkylation sites (tertiary alicyclic amines) is 1. The monoisotopic (exact) mass is 637 g/mol. The largest absolute Gasteiger partial charge is 0.497 e. The van der Waals surface area contributed by atoms with Crippen LogP contribution in [-0.2, 0) is 11.2 Å². The van der Waals surface area contributed by atoms with Gasteiger partial charge in [-0.05, 0) is 99.7 Å². The lowest BCUT2D eigenvalue weighted by molar-refractivity contribution is -0.135. The molecule has 1 aliphatic heterocycles. The van der Waals surface area contributed by atoms with Gasteiger partial charge < -0.3 is 30.1 Å². The van der Waals surface area contributed by atoms with Gasteiger partial charge in [-0.2, -0.15) is 0 Å². The predicted molar refractivity (Wildman–Crippen MR) is 182 cm³/mol. The molecule has 3 aliphatic rings. The minimum Gasteiger partial charge on any atom is -0.497 e. The lowest BCUT2D eigenvalue weighted by atomic mass is 9.89. The Morgan fingerprint density at radius 2 is 1.44 bits per heavy atom. The van der Waals surface area contributed by atoms with Crippen LogP contribution in [0.4, 0.5) is 10.5 Å². The number of halogens is 1. The molecule has 1 heterocycles. The predicted octanol–water partition coefficient (Wildman–Crippen LogP) is 6.58. The maximum atomic E-state index is 14.1. The van der Waals surface area contributed by atoms with Crippen molar-refractivity contribution in [1.29, 1.82) is 0 Å². The van der Waals surface area contributed by atoms with E-state index in [1.165, 1.54) is 19.3 Å². The molecule has 8 nitrogen and oxygen atoms in total. The van der Waals surface area contributed by atoms with Crippen LogP contribution in [-0.4, -0.2) is 91.1 Å². The first-order valence-electron chi connectivity index (χ1n) is 17.0. The van der Waals surface area contributed by atoms with Crippen LogP contribution in [0.1, 0.15) is 76.2 Å². The number of hydrogen-bond donors (Lipinski definition) is 2. The number of piperidine rings is 1. The van der Waals surface area contributed by atoms with Gasteiger partial charge in [-0.15, -0.1) is 0 Å². The quantitative estimate of drug-likeness (QED) is 0.308. The molecule has 0 aromatic heterocycles. The highest BCUT2D eigenvalue weighted by Gasteiger charge is 2.37. The lowest BCUT2D eigenvalue weighted by Crippen LogP contribution is -2.58. The van der Waals surface area contributed by atoms with E-state index in [1.807, 2.05) is 55.4 Å². The molecule has 0 bridgehead atoms. The molecule has 0 unspecified atom stereocenters. The maximum absolute atomic E-state index is 14.1. The SMILES string of the molecule is COc1ccc(N[C@H]2CC[C@H](N[C@H](Cc3ccc(Cl)cc3)C(=O)N3CCC(N(C(=O)N(C)C)C4CCCCC4)CC3)CC2)cc1. The second-order valence-corrected chi connectivity index (χ2v) is 13.8. The molecule has 0 radical (unpaired) electrons. The van der Waals surface area contributed by atoms with E-state index in [4.69, 9.17) is 16.3 Å². The number of anilines is 1. The summed E-state index contributed by atoms with van der Waals surface area (Å²) in [6.07, 6.45) is 12.2. The van der Waals surface area contributed by atoms with Crippen LogP contribution in [0.5, 0.6) is 5.75 Å². The van der Waals surface area contributed by atoms with Gasteiger partial charge in [-0.1, -0.05) is 43.0 Å². The van der Waals surface area contributed by atoms with Gasteiger partial charge in [0.2, 0.25) is 5.91 Å². The van der Waals surface area contributed by atoms with Crippen molar-refractivity contribution in [2.45, 2.75) is 107 Å². The molecule has 1 atom stereocenters. The van der Waals surface area contributed by atoms with E-state index >= 15 is 0 Å². The zero-order chi connectivity index (χ0) is 31.8. The van der Waals surface area contributed by atoms with Crippen molar-refractivity contribution < 1.29 is 14.3 Å². The van der Waals surface area contributed by atoms with Gasteiger partial charge in [0, 0.05) is 62.1 Å². The van der Waals surface area contributed by atoms with Crippen LogP contribution >= 0.6 is 11.6 Å². The topological polar surface area (TPSA) is 77.1 Å². The number of carbonyl (C=O) groups is 2. The minimum absolute atomic E-state index is 0.117. The highest BCUT2D eigenvalue weighted by atomic mass is 35.5. The Morgan fingerprint density at radius 3 is 2.04 bits per heavy atom. The Hall–Kier alpha value is -2.97. The molecule has 2 aliphatic carbocycles. The maximum Gasteiger partial charge on any atom is 0.319 e. The molecule has 2 saturated carbocycles. The van der Waals surface area contributed by atoms with Crippen LogP contribution in [0.15, 0.2) is 48.5 Å². The van der Waals surface area contributed by atoms with Gasteiger partial charge in [0.15, 0.2) is 0 Å². The molecule has 3 amide bonds. The summed E-state index contributed by atoms with van der Waals surface area (Å²) in [5.41, 5.74) is 2.22. The first-order valence-corrected chi connectivity index (χ1v) is 17.4. The molecule has 9 heteroatoms. The standard InChI is InChI=1S/C36H52ClN5O3/c1-40(2)36(44)42(31-7-5-4-6-8-31)32-21-23-41(24-22-32)35(43)34(25-26-9-11-27(37)12-10-26)39-30-15-13-28(14-16-30)38-29-17-19-33(45-3)20-18-29/h9-12,17-20,28,30-32,34,38-39H,4-8,13-16,21-25H2,1-3H3/t28-,30-,34-/m1/s1. The zero-order valence-electron chi connectivity index (χ0n) is 27.3. The minimum atomic E-state index is -0.295. The average Bonchev–Trinajstić information content (AvgIpc) is 3.07. The Bertz CT molecular complexity index is 1220. The van der Waals surface area contributed by atoms with Crippen LogP contribution in [0, 0.1) is 0 Å². The Balaban J connectivity index is 1.20. The lowest BCUT2D eigenvalue weighted by Gasteiger charge is -2.45. The number of amides is 3. The third kappa shape index (κ3) is 9.07. The molecule has 246 valence electrons. The number of methoxy groups -OCH3 is 1. The third-order valence-corrected chi connectivity index (χ3v) is 10.3. The number of hydrogen-bond acceptors (Lipinski definition) is 5. The van der Waals surface area contributed by atoms with Crippen molar-refractivity contribution in [3.63, 3.8) is 0 Å². The molecule has 1 saturated heterocycles. The number of benzene rings is 2. The molecule has 3 fully saturated rings. The molecule has 45 heavy (non-hydrogen) atoms. The fourth-order valence-corrected chi connectivity index (χ4v) is 7.60. The summed E-state index contributed by atoms with van der Waals surface area (Å²) >= 11 is 6.18. The van der Waals surface area contributed by atoms with Gasteiger partial charge in [-0.25, -0.2) is 4.79 Å². The van der Waals surface area contributed by atoms with Crippen LogP contribution < -0.4 is 15.4 Å². The molecule has 2 aromatic rings. The van der Waals surface area contributed by atoms with Gasteiger partial charge >= 0.3 is 6.03 Å². The molecular formula is C36H52ClN5O3. The summed E-state index contributed by atoms with van der Waals surface area (Å²) in [6.45, 7) is 1.37. The van der Waals surface area contributed by atoms with Crippen molar-refractivity contribution in [2.75, 3.05) is 39.6 Å². The zero-order valence-corrected chi connectivity index (χ0v) is 28.1. The molecule has 2 aromatic carbocycles. The summed E-state index contributed by atoms with van der Waals surface area (Å²) in [7, 11) is 5.39. The molecule has 0 spiro atoms. The highest BCUT2D eigenvalue weighted by Crippen LogP contribution is 2.30. The number of nitrogens with one attached hydrogen (secondary N) is 2. The van der Waals surface area contributed by atoms with Gasteiger partial charge in [0.1, 0.15) is 5.75 Å². The van der Waals surface area contributed by atoms with Crippen molar-refractivity contribution in [2.24, 2.45) is 0 Å². The summed E-state index contributed by atoms with van der Waals surface area (Å²) in [5, 5.41) is 8.17. The smallest absolute Gasteiger partial charge is 0.319 e. The molecule has 5 rings (SSSR count). The number of rotatable bonds is 10. The Kier molecular flexibility index (Phi) is 11.9. The van der Waals surface area contributed by atoms with Gasteiger partial charge in [-0.3, -0.25) is 4.79 Å². The van der Waals surface area contributed by atoms with Gasteiger partial charge in [0.25, 0.3) is 0 Å². The van der Waals surface area contributed by atoms with E-state index in [2.05, 4.69) is 27.7 Å². The molecule has 2 N–H and O–H groups in total. The van der Waals surface area contributed by atoms with Crippen molar-refractivity contribution in [3.05, 3.63) is 59.1 Å². The number of urea groups is 1. The molecular weight excluding hydrogens is 586 g/mol. The van der Waals surface area contributed by atoms with Gasteiger partial charge in [0.05, 0.1) is 13.2 Å². The second kappa shape index (κ2) is 16.0. The van der Waals surface area contributed by atoms with Crippen molar-refractivity contribution >= 4 is 29.2 Å². The second-order valence-electron chi connectivity index (χ2n) is 13.4. The van der Waals surface area contributed by atoms with E-state index in [1.54, 1.807) is 12.0 Å². The van der Waals surface area contributed by atoms with E-state index in [0.29, 0.717) is 36.6 Å². The fraction of sp³-hybridized carbons (Fsp3) is 0.611. The number of carbonyl (C=O) groups excluding carboxylic acids is 2. The summed E-state index contributed by atoms with van der Waals surface area (Å²) < 4.78 is 5.29. The summed E-state index contributed by atoms with van der Waals surface area (Å²) in [5.74, 6) is 1.03. The van der Waals surface area contributed by atoms with E-state index < -0.39 is 0 Å². The number of nitrogens with zero attached hydrogens (tertiary/aromatic N) is 3. The Morgan fingerprint density at radius 1 is 0.844 bits per heavy atom. The average molecular weight is 638 g/mol. The van der Waals surface area contributed by atoms with Crippen molar-refractivity contribution in [1.82, 2.24) is 20.0 Å². The van der Waals surface area contributed by atoms with Crippen LogP contribution in [0.25, 0.3) is 0 Å².